The average molecular weight is 368 g/mol. The van der Waals surface area contributed by atoms with Crippen LogP contribution in [0.1, 0.15) is 22.4 Å². The number of rotatable bonds is 3. The van der Waals surface area contributed by atoms with Crippen LogP contribution in [0, 0.1) is 12.7 Å². The summed E-state index contributed by atoms with van der Waals surface area (Å²) < 4.78 is 14.2. The van der Waals surface area contributed by atoms with Crippen LogP contribution in [0.4, 0.5) is 4.39 Å². The van der Waals surface area contributed by atoms with Crippen molar-refractivity contribution in [1.29, 1.82) is 0 Å². The highest BCUT2D eigenvalue weighted by Crippen LogP contribution is 2.27. The van der Waals surface area contributed by atoms with E-state index in [0.29, 0.717) is 23.7 Å². The number of aromatic nitrogens is 2. The lowest BCUT2D eigenvalue weighted by molar-refractivity contribution is 0.239. The van der Waals surface area contributed by atoms with Gasteiger partial charge in [-0.2, -0.15) is 0 Å². The first kappa shape index (κ1) is 17.1. The number of halogens is 2. The summed E-state index contributed by atoms with van der Waals surface area (Å²) in [5.74, 6) is 0.507. The van der Waals surface area contributed by atoms with Crippen molar-refractivity contribution in [3.8, 4) is 11.4 Å². The first-order valence-electron chi connectivity index (χ1n) is 8.68. The lowest BCUT2D eigenvalue weighted by Gasteiger charge is -2.28. The van der Waals surface area contributed by atoms with Crippen molar-refractivity contribution in [2.24, 2.45) is 0 Å². The van der Waals surface area contributed by atoms with Crippen LogP contribution in [-0.2, 0) is 19.5 Å². The molecule has 0 bridgehead atoms. The smallest absolute Gasteiger partial charge is 0.159 e. The van der Waals surface area contributed by atoms with Gasteiger partial charge in [-0.25, -0.2) is 14.4 Å². The van der Waals surface area contributed by atoms with Gasteiger partial charge in [0.2, 0.25) is 0 Å². The van der Waals surface area contributed by atoms with Gasteiger partial charge in [-0.3, -0.25) is 4.90 Å². The summed E-state index contributed by atoms with van der Waals surface area (Å²) in [6, 6.07) is 13.2. The molecule has 132 valence electrons. The lowest BCUT2D eigenvalue weighted by atomic mass is 10.0. The Kier molecular flexibility index (Phi) is 4.70. The van der Waals surface area contributed by atoms with Crippen LogP contribution in [0.3, 0.4) is 0 Å². The summed E-state index contributed by atoms with van der Waals surface area (Å²) in [4.78, 5) is 11.4. The van der Waals surface area contributed by atoms with E-state index in [9.17, 15) is 4.39 Å². The van der Waals surface area contributed by atoms with Crippen molar-refractivity contribution in [3.63, 3.8) is 0 Å². The molecule has 0 saturated heterocycles. The molecule has 0 N–H and O–H groups in total. The van der Waals surface area contributed by atoms with Crippen LogP contribution in [0.2, 0.25) is 5.02 Å². The second kappa shape index (κ2) is 7.14. The largest absolute Gasteiger partial charge is 0.294 e. The summed E-state index contributed by atoms with van der Waals surface area (Å²) in [6.07, 6.45) is 2.72. The fourth-order valence-electron chi connectivity index (χ4n) is 3.32. The molecule has 1 aromatic heterocycles. The third-order valence-electron chi connectivity index (χ3n) is 4.81. The van der Waals surface area contributed by atoms with E-state index in [2.05, 4.69) is 9.88 Å². The van der Waals surface area contributed by atoms with Crippen molar-refractivity contribution in [3.05, 3.63) is 81.9 Å². The first-order valence-corrected chi connectivity index (χ1v) is 9.05. The molecule has 0 saturated carbocycles. The SMILES string of the molecule is Cc1ccc(F)c(CN2CCc3nc(-c4ccccc4)ncc3C2)c1Cl. The molecule has 0 radical (unpaired) electrons. The molecule has 3 nitrogen and oxygen atoms in total. The quantitative estimate of drug-likeness (QED) is 0.665. The highest BCUT2D eigenvalue weighted by molar-refractivity contribution is 6.32. The molecule has 0 amide bonds. The van der Waals surface area contributed by atoms with Gasteiger partial charge < -0.3 is 0 Å². The molecular formula is C21H19ClFN3. The molecule has 0 fully saturated rings. The maximum atomic E-state index is 14.2. The molecule has 1 aliphatic heterocycles. The van der Waals surface area contributed by atoms with E-state index in [0.717, 1.165) is 41.2 Å². The van der Waals surface area contributed by atoms with Gasteiger partial charge in [-0.05, 0) is 18.6 Å². The minimum atomic E-state index is -0.248. The minimum Gasteiger partial charge on any atom is -0.294 e. The maximum absolute atomic E-state index is 14.2. The number of hydrogen-bond acceptors (Lipinski definition) is 3. The molecule has 0 spiro atoms. The highest BCUT2D eigenvalue weighted by atomic mass is 35.5. The molecule has 26 heavy (non-hydrogen) atoms. The Hall–Kier alpha value is -2.30. The van der Waals surface area contributed by atoms with E-state index in [1.807, 2.05) is 43.5 Å². The Labute approximate surface area is 157 Å². The second-order valence-electron chi connectivity index (χ2n) is 6.65. The van der Waals surface area contributed by atoms with Gasteiger partial charge in [-0.15, -0.1) is 0 Å². The Morgan fingerprint density at radius 2 is 1.96 bits per heavy atom. The average Bonchev–Trinajstić information content (AvgIpc) is 2.68. The van der Waals surface area contributed by atoms with Crippen LogP contribution in [0.25, 0.3) is 11.4 Å². The van der Waals surface area contributed by atoms with Crippen molar-refractivity contribution in [1.82, 2.24) is 14.9 Å². The Morgan fingerprint density at radius 1 is 1.15 bits per heavy atom. The molecule has 0 aliphatic carbocycles. The number of fused-ring (bicyclic) bond motifs is 1. The summed E-state index contributed by atoms with van der Waals surface area (Å²) >= 11 is 6.32. The molecule has 2 aromatic carbocycles. The third-order valence-corrected chi connectivity index (χ3v) is 5.33. The maximum Gasteiger partial charge on any atom is 0.159 e. The Bertz CT molecular complexity index is 943. The van der Waals surface area contributed by atoms with Gasteiger partial charge >= 0.3 is 0 Å². The zero-order valence-corrected chi connectivity index (χ0v) is 15.3. The van der Waals surface area contributed by atoms with Gasteiger partial charge in [0.1, 0.15) is 5.82 Å². The number of nitrogens with zero attached hydrogens (tertiary/aromatic N) is 3. The monoisotopic (exact) mass is 367 g/mol. The van der Waals surface area contributed by atoms with E-state index < -0.39 is 0 Å². The van der Waals surface area contributed by atoms with Gasteiger partial charge in [0.15, 0.2) is 5.82 Å². The molecule has 4 rings (SSSR count). The standard InChI is InChI=1S/C21H19ClFN3/c1-14-7-8-18(23)17(20(14)22)13-26-10-9-19-16(12-26)11-24-21(25-19)15-5-3-2-4-6-15/h2-8,11H,9-10,12-13H2,1H3. The lowest BCUT2D eigenvalue weighted by Crippen LogP contribution is -2.31. The summed E-state index contributed by atoms with van der Waals surface area (Å²) in [7, 11) is 0. The fourth-order valence-corrected chi connectivity index (χ4v) is 3.53. The summed E-state index contributed by atoms with van der Waals surface area (Å²) in [6.45, 7) is 3.91. The molecule has 2 heterocycles. The fraction of sp³-hybridized carbons (Fsp3) is 0.238. The Balaban J connectivity index is 1.55. The first-order chi connectivity index (χ1) is 12.6. The number of aryl methyl sites for hydroxylation is 1. The van der Waals surface area contributed by atoms with Crippen LogP contribution < -0.4 is 0 Å². The van der Waals surface area contributed by atoms with Crippen molar-refractivity contribution in [2.45, 2.75) is 26.4 Å². The number of benzene rings is 2. The van der Waals surface area contributed by atoms with Crippen LogP contribution >= 0.6 is 11.6 Å². The predicted molar refractivity (Wildman–Crippen MR) is 101 cm³/mol. The van der Waals surface area contributed by atoms with E-state index in [4.69, 9.17) is 16.6 Å². The van der Waals surface area contributed by atoms with Crippen molar-refractivity contribution >= 4 is 11.6 Å². The van der Waals surface area contributed by atoms with Crippen LogP contribution in [-0.4, -0.2) is 21.4 Å². The molecule has 0 atom stereocenters. The predicted octanol–water partition coefficient (Wildman–Crippen LogP) is 4.80. The van der Waals surface area contributed by atoms with E-state index in [1.54, 1.807) is 6.07 Å². The topological polar surface area (TPSA) is 29.0 Å². The van der Waals surface area contributed by atoms with Crippen LogP contribution in [0.15, 0.2) is 48.7 Å². The third kappa shape index (κ3) is 3.35. The highest BCUT2D eigenvalue weighted by Gasteiger charge is 2.21. The van der Waals surface area contributed by atoms with E-state index in [-0.39, 0.29) is 5.82 Å². The summed E-state index contributed by atoms with van der Waals surface area (Å²) in [5, 5.41) is 0.520. The molecule has 3 aromatic rings. The molecule has 5 heteroatoms. The second-order valence-corrected chi connectivity index (χ2v) is 7.03. The minimum absolute atomic E-state index is 0.248. The normalized spacial score (nSPS) is 14.3. The van der Waals surface area contributed by atoms with Gasteiger partial charge in [-0.1, -0.05) is 48.0 Å². The zero-order chi connectivity index (χ0) is 18.1. The van der Waals surface area contributed by atoms with Crippen LogP contribution in [0.5, 0.6) is 0 Å². The van der Waals surface area contributed by atoms with Crippen molar-refractivity contribution in [2.75, 3.05) is 6.54 Å². The zero-order valence-electron chi connectivity index (χ0n) is 14.5. The summed E-state index contributed by atoms with van der Waals surface area (Å²) in [5.41, 5.74) is 4.66. The van der Waals surface area contributed by atoms with E-state index >= 15 is 0 Å². The van der Waals surface area contributed by atoms with Gasteiger partial charge in [0.05, 0.1) is 10.7 Å². The molecule has 0 unspecified atom stereocenters. The molecular weight excluding hydrogens is 349 g/mol. The van der Waals surface area contributed by atoms with Gasteiger partial charge in [0.25, 0.3) is 0 Å². The van der Waals surface area contributed by atoms with E-state index in [1.165, 1.54) is 6.07 Å². The van der Waals surface area contributed by atoms with Gasteiger partial charge in [0, 0.05) is 48.9 Å². The Morgan fingerprint density at radius 3 is 2.77 bits per heavy atom. The van der Waals surface area contributed by atoms with Crippen molar-refractivity contribution < 1.29 is 4.39 Å². The number of hydrogen-bond donors (Lipinski definition) is 0. The molecule has 1 aliphatic rings.